The third-order valence-corrected chi connectivity index (χ3v) is 5.51. The number of ether oxygens (including phenoxy) is 1. The van der Waals surface area contributed by atoms with Crippen molar-refractivity contribution in [1.29, 1.82) is 0 Å². The minimum Gasteiger partial charge on any atom is -0.468 e. The Morgan fingerprint density at radius 1 is 1.24 bits per heavy atom. The Hall–Kier alpha value is -2.46. The minimum absolute atomic E-state index is 0.179. The fraction of sp³-hybridized carbons (Fsp3) is 0.133. The molecule has 132 valence electrons. The molecule has 0 N–H and O–H groups in total. The van der Waals surface area contributed by atoms with E-state index in [9.17, 15) is 23.3 Å². The van der Waals surface area contributed by atoms with Crippen LogP contribution in [0.25, 0.3) is 0 Å². The van der Waals surface area contributed by atoms with Gasteiger partial charge in [-0.1, -0.05) is 22.0 Å². The Balaban J connectivity index is 2.50. The quantitative estimate of drug-likeness (QED) is 0.397. The van der Waals surface area contributed by atoms with Gasteiger partial charge in [-0.2, -0.15) is 0 Å². The lowest BCUT2D eigenvalue weighted by molar-refractivity contribution is -0.384. The van der Waals surface area contributed by atoms with E-state index in [2.05, 4.69) is 20.7 Å². The number of benzene rings is 2. The highest BCUT2D eigenvalue weighted by Crippen LogP contribution is 2.27. The van der Waals surface area contributed by atoms with Crippen molar-refractivity contribution in [2.45, 2.75) is 4.90 Å². The largest absolute Gasteiger partial charge is 0.468 e. The molecule has 0 saturated carbocycles. The smallest absolute Gasteiger partial charge is 0.326 e. The fourth-order valence-corrected chi connectivity index (χ4v) is 3.78. The molecule has 25 heavy (non-hydrogen) atoms. The molecule has 0 radical (unpaired) electrons. The second kappa shape index (κ2) is 7.62. The topological polar surface area (TPSA) is 107 Å². The number of halogens is 1. The number of hydrogen-bond donors (Lipinski definition) is 0. The first-order valence-corrected chi connectivity index (χ1v) is 9.08. The third-order valence-electron chi connectivity index (χ3n) is 3.23. The van der Waals surface area contributed by atoms with Gasteiger partial charge in [-0.25, -0.2) is 8.42 Å². The number of hydrogen-bond acceptors (Lipinski definition) is 6. The average molecular weight is 429 g/mol. The van der Waals surface area contributed by atoms with Gasteiger partial charge < -0.3 is 4.74 Å². The van der Waals surface area contributed by atoms with Crippen LogP contribution in [-0.2, 0) is 19.6 Å². The molecule has 0 spiro atoms. The second-order valence-electron chi connectivity index (χ2n) is 4.82. The molecule has 0 saturated heterocycles. The van der Waals surface area contributed by atoms with Crippen LogP contribution in [0.5, 0.6) is 0 Å². The maximum atomic E-state index is 12.9. The van der Waals surface area contributed by atoms with Gasteiger partial charge in [0, 0.05) is 16.6 Å². The highest BCUT2D eigenvalue weighted by atomic mass is 79.9. The van der Waals surface area contributed by atoms with Crippen LogP contribution in [0.1, 0.15) is 0 Å². The summed E-state index contributed by atoms with van der Waals surface area (Å²) < 4.78 is 31.9. The molecule has 0 atom stereocenters. The van der Waals surface area contributed by atoms with E-state index in [0.717, 1.165) is 35.7 Å². The number of carbonyl (C=O) groups excluding carboxylic acids is 1. The molecule has 0 aromatic heterocycles. The number of nitro benzene ring substituents is 1. The minimum atomic E-state index is -4.13. The highest BCUT2D eigenvalue weighted by molar-refractivity contribution is 9.10. The zero-order valence-corrected chi connectivity index (χ0v) is 15.4. The first-order valence-electron chi connectivity index (χ1n) is 6.85. The van der Waals surface area contributed by atoms with Gasteiger partial charge in [0.2, 0.25) is 0 Å². The summed E-state index contributed by atoms with van der Waals surface area (Å²) in [6.07, 6.45) is 0. The standard InChI is InChI=1S/C15H13BrN2O6S/c1-24-15(19)10-17(13-4-2-3-11(16)9-13)25(22,23)14-7-5-12(6-8-14)18(20)21/h2-9H,10H2,1H3. The van der Waals surface area contributed by atoms with Gasteiger partial charge in [0.25, 0.3) is 15.7 Å². The van der Waals surface area contributed by atoms with Crippen LogP contribution in [0.3, 0.4) is 0 Å². The zero-order chi connectivity index (χ0) is 18.6. The lowest BCUT2D eigenvalue weighted by atomic mass is 10.3. The number of sulfonamides is 1. The molecular weight excluding hydrogens is 416 g/mol. The maximum Gasteiger partial charge on any atom is 0.326 e. The SMILES string of the molecule is COC(=O)CN(c1cccc(Br)c1)S(=O)(=O)c1ccc([N+](=O)[O-])cc1. The molecule has 0 unspecified atom stereocenters. The summed E-state index contributed by atoms with van der Waals surface area (Å²) >= 11 is 3.25. The molecule has 2 aromatic carbocycles. The van der Waals surface area contributed by atoms with Crippen LogP contribution < -0.4 is 4.31 Å². The molecule has 0 fully saturated rings. The number of esters is 1. The van der Waals surface area contributed by atoms with Crippen LogP contribution in [-0.4, -0.2) is 33.0 Å². The Morgan fingerprint density at radius 3 is 2.40 bits per heavy atom. The summed E-state index contributed by atoms with van der Waals surface area (Å²) in [5.41, 5.74) is 0.0130. The predicted molar refractivity (Wildman–Crippen MR) is 93.8 cm³/mol. The predicted octanol–water partition coefficient (Wildman–Crippen LogP) is 2.73. The van der Waals surface area contributed by atoms with E-state index in [4.69, 9.17) is 0 Å². The van der Waals surface area contributed by atoms with Crippen molar-refractivity contribution >= 4 is 43.3 Å². The van der Waals surface area contributed by atoms with Gasteiger partial charge >= 0.3 is 5.97 Å². The number of non-ortho nitro benzene ring substituents is 1. The number of methoxy groups -OCH3 is 1. The maximum absolute atomic E-state index is 12.9. The van der Waals surface area contributed by atoms with Crippen molar-refractivity contribution in [3.05, 3.63) is 63.1 Å². The van der Waals surface area contributed by atoms with Gasteiger partial charge in [0.05, 0.1) is 22.6 Å². The van der Waals surface area contributed by atoms with Crippen LogP contribution in [0.2, 0.25) is 0 Å². The molecular formula is C15H13BrN2O6S. The van der Waals surface area contributed by atoms with Gasteiger partial charge in [0.15, 0.2) is 0 Å². The molecule has 0 aliphatic rings. The summed E-state index contributed by atoms with van der Waals surface area (Å²) in [7, 11) is -2.98. The zero-order valence-electron chi connectivity index (χ0n) is 13.0. The van der Waals surface area contributed by atoms with Crippen molar-refractivity contribution in [3.63, 3.8) is 0 Å². The van der Waals surface area contributed by atoms with Crippen molar-refractivity contribution in [1.82, 2.24) is 0 Å². The lowest BCUT2D eigenvalue weighted by Gasteiger charge is -2.23. The van der Waals surface area contributed by atoms with Crippen LogP contribution in [0.4, 0.5) is 11.4 Å². The first kappa shape index (κ1) is 18.9. The molecule has 0 heterocycles. The number of anilines is 1. The summed E-state index contributed by atoms with van der Waals surface area (Å²) in [6, 6.07) is 10.8. The number of nitrogens with zero attached hydrogens (tertiary/aromatic N) is 2. The molecule has 0 bridgehead atoms. The van der Waals surface area contributed by atoms with E-state index >= 15 is 0 Å². The molecule has 2 rings (SSSR count). The normalized spacial score (nSPS) is 11.0. The summed E-state index contributed by atoms with van der Waals surface area (Å²) in [4.78, 5) is 21.6. The summed E-state index contributed by atoms with van der Waals surface area (Å²) in [5.74, 6) is -0.745. The van der Waals surface area contributed by atoms with E-state index < -0.39 is 27.5 Å². The van der Waals surface area contributed by atoms with Crippen LogP contribution in [0.15, 0.2) is 57.9 Å². The highest BCUT2D eigenvalue weighted by Gasteiger charge is 2.28. The van der Waals surface area contributed by atoms with Crippen LogP contribution in [0, 0.1) is 10.1 Å². The monoisotopic (exact) mass is 428 g/mol. The van der Waals surface area contributed by atoms with E-state index in [1.807, 2.05) is 0 Å². The lowest BCUT2D eigenvalue weighted by Crippen LogP contribution is -2.36. The number of nitro groups is 1. The first-order chi connectivity index (χ1) is 11.8. The summed E-state index contributed by atoms with van der Waals surface area (Å²) in [5, 5.41) is 10.7. The van der Waals surface area contributed by atoms with E-state index in [1.54, 1.807) is 12.1 Å². The Labute approximate surface area is 152 Å². The van der Waals surface area contributed by atoms with Crippen molar-refractivity contribution in [3.8, 4) is 0 Å². The van der Waals surface area contributed by atoms with Crippen molar-refractivity contribution < 1.29 is 22.9 Å². The Kier molecular flexibility index (Phi) is 5.75. The van der Waals surface area contributed by atoms with Gasteiger partial charge in [-0.15, -0.1) is 0 Å². The van der Waals surface area contributed by atoms with Gasteiger partial charge in [0.1, 0.15) is 6.54 Å². The molecule has 0 amide bonds. The second-order valence-corrected chi connectivity index (χ2v) is 7.60. The fourth-order valence-electron chi connectivity index (χ4n) is 2.00. The number of rotatable bonds is 6. The van der Waals surface area contributed by atoms with Crippen LogP contribution >= 0.6 is 15.9 Å². The molecule has 0 aliphatic carbocycles. The third kappa shape index (κ3) is 4.34. The molecule has 0 aliphatic heterocycles. The van der Waals surface area contributed by atoms with E-state index in [-0.39, 0.29) is 16.3 Å². The molecule has 8 nitrogen and oxygen atoms in total. The van der Waals surface area contributed by atoms with E-state index in [0.29, 0.717) is 4.47 Å². The van der Waals surface area contributed by atoms with Gasteiger partial charge in [-0.05, 0) is 30.3 Å². The van der Waals surface area contributed by atoms with E-state index in [1.165, 1.54) is 12.1 Å². The Morgan fingerprint density at radius 2 is 1.88 bits per heavy atom. The number of carbonyl (C=O) groups is 1. The van der Waals surface area contributed by atoms with Crippen molar-refractivity contribution in [2.75, 3.05) is 18.0 Å². The Bertz CT molecular complexity index is 898. The molecule has 10 heteroatoms. The average Bonchev–Trinajstić information content (AvgIpc) is 2.59. The van der Waals surface area contributed by atoms with Gasteiger partial charge in [-0.3, -0.25) is 19.2 Å². The molecule has 2 aromatic rings. The van der Waals surface area contributed by atoms with Crippen molar-refractivity contribution in [2.24, 2.45) is 0 Å². The summed E-state index contributed by atoms with van der Waals surface area (Å²) in [6.45, 7) is -0.535.